The predicted molar refractivity (Wildman–Crippen MR) is 101 cm³/mol. The summed E-state index contributed by atoms with van der Waals surface area (Å²) in [7, 11) is 1.63. The smallest absolute Gasteiger partial charge is 0.264 e. The first-order valence-corrected chi connectivity index (χ1v) is 8.96. The molecule has 1 N–H and O–H groups in total. The number of nitrogens with zero attached hydrogens (tertiary/aromatic N) is 2. The minimum atomic E-state index is -0.306. The Kier molecular flexibility index (Phi) is 6.04. The van der Waals surface area contributed by atoms with Crippen LogP contribution in [0.5, 0.6) is 11.5 Å². The molecule has 8 heteroatoms. The SMILES string of the molecule is COc1ccccc1Cc1nnc(NC(=O)COc2ccc(Cl)cc2)s1. The first kappa shape index (κ1) is 18.2. The van der Waals surface area contributed by atoms with Crippen molar-refractivity contribution in [3.63, 3.8) is 0 Å². The number of amides is 1. The van der Waals surface area contributed by atoms with Crippen LogP contribution in [0.4, 0.5) is 5.13 Å². The van der Waals surface area contributed by atoms with Gasteiger partial charge in [-0.1, -0.05) is 41.1 Å². The Morgan fingerprint density at radius 3 is 2.69 bits per heavy atom. The molecule has 0 aliphatic rings. The third kappa shape index (κ3) is 4.93. The van der Waals surface area contributed by atoms with Gasteiger partial charge in [-0.25, -0.2) is 0 Å². The Morgan fingerprint density at radius 2 is 1.92 bits per heavy atom. The molecule has 0 radical (unpaired) electrons. The number of rotatable bonds is 7. The molecule has 1 aromatic heterocycles. The fraction of sp³-hybridized carbons (Fsp3) is 0.167. The van der Waals surface area contributed by atoms with Crippen molar-refractivity contribution in [2.45, 2.75) is 6.42 Å². The second kappa shape index (κ2) is 8.64. The molecule has 0 saturated heterocycles. The van der Waals surface area contributed by atoms with E-state index in [2.05, 4.69) is 15.5 Å². The normalized spacial score (nSPS) is 10.4. The third-order valence-electron chi connectivity index (χ3n) is 3.43. The fourth-order valence-corrected chi connectivity index (χ4v) is 3.13. The van der Waals surface area contributed by atoms with E-state index in [0.29, 0.717) is 22.3 Å². The monoisotopic (exact) mass is 389 g/mol. The zero-order valence-electron chi connectivity index (χ0n) is 13.9. The largest absolute Gasteiger partial charge is 0.496 e. The van der Waals surface area contributed by atoms with Gasteiger partial charge in [0.15, 0.2) is 6.61 Å². The average molecular weight is 390 g/mol. The minimum absolute atomic E-state index is 0.122. The van der Waals surface area contributed by atoms with Crippen molar-refractivity contribution in [3.05, 3.63) is 64.1 Å². The summed E-state index contributed by atoms with van der Waals surface area (Å²) < 4.78 is 10.7. The Bertz CT molecular complexity index is 883. The van der Waals surface area contributed by atoms with Gasteiger partial charge in [0.25, 0.3) is 5.91 Å². The Morgan fingerprint density at radius 1 is 1.15 bits per heavy atom. The molecular weight excluding hydrogens is 374 g/mol. The van der Waals surface area contributed by atoms with Gasteiger partial charge < -0.3 is 9.47 Å². The van der Waals surface area contributed by atoms with Crippen molar-refractivity contribution in [1.29, 1.82) is 0 Å². The molecule has 134 valence electrons. The van der Waals surface area contributed by atoms with Gasteiger partial charge in [0.1, 0.15) is 16.5 Å². The van der Waals surface area contributed by atoms with Crippen molar-refractivity contribution >= 4 is 34.0 Å². The van der Waals surface area contributed by atoms with E-state index < -0.39 is 0 Å². The van der Waals surface area contributed by atoms with Gasteiger partial charge in [0.05, 0.1) is 7.11 Å². The zero-order chi connectivity index (χ0) is 18.4. The maximum Gasteiger partial charge on any atom is 0.264 e. The average Bonchev–Trinajstić information content (AvgIpc) is 3.08. The standard InChI is InChI=1S/C18H16ClN3O3S/c1-24-15-5-3-2-4-12(15)10-17-21-22-18(26-17)20-16(23)11-25-14-8-6-13(19)7-9-14/h2-9H,10-11H2,1H3,(H,20,22,23). The highest BCUT2D eigenvalue weighted by atomic mass is 35.5. The molecule has 0 spiro atoms. The Labute approximate surface area is 159 Å². The summed E-state index contributed by atoms with van der Waals surface area (Å²) in [6.07, 6.45) is 0.582. The van der Waals surface area contributed by atoms with Gasteiger partial charge in [0, 0.05) is 17.0 Å². The molecule has 1 heterocycles. The van der Waals surface area contributed by atoms with Crippen molar-refractivity contribution in [2.75, 3.05) is 19.0 Å². The molecule has 0 atom stereocenters. The summed E-state index contributed by atoms with van der Waals surface area (Å²) in [6, 6.07) is 14.5. The van der Waals surface area contributed by atoms with E-state index in [9.17, 15) is 4.79 Å². The Balaban J connectivity index is 1.54. The van der Waals surface area contributed by atoms with Crippen molar-refractivity contribution in [2.24, 2.45) is 0 Å². The molecule has 3 rings (SSSR count). The lowest BCUT2D eigenvalue weighted by atomic mass is 10.1. The van der Waals surface area contributed by atoms with Crippen LogP contribution < -0.4 is 14.8 Å². The molecule has 3 aromatic rings. The molecule has 0 bridgehead atoms. The first-order valence-electron chi connectivity index (χ1n) is 7.76. The molecular formula is C18H16ClN3O3S. The topological polar surface area (TPSA) is 73.3 Å². The van der Waals surface area contributed by atoms with Gasteiger partial charge >= 0.3 is 0 Å². The second-order valence-electron chi connectivity index (χ2n) is 5.28. The summed E-state index contributed by atoms with van der Waals surface area (Å²) in [5.41, 5.74) is 1.01. The molecule has 0 aliphatic heterocycles. The number of hydrogen-bond donors (Lipinski definition) is 1. The van der Waals surface area contributed by atoms with Crippen LogP contribution in [0, 0.1) is 0 Å². The van der Waals surface area contributed by atoms with Gasteiger partial charge in [-0.15, -0.1) is 10.2 Å². The van der Waals surface area contributed by atoms with Crippen molar-refractivity contribution in [1.82, 2.24) is 10.2 Å². The van der Waals surface area contributed by atoms with Crippen LogP contribution in [0.3, 0.4) is 0 Å². The van der Waals surface area contributed by atoms with Crippen molar-refractivity contribution in [3.8, 4) is 11.5 Å². The van der Waals surface area contributed by atoms with E-state index in [4.69, 9.17) is 21.1 Å². The van der Waals surface area contributed by atoms with E-state index >= 15 is 0 Å². The van der Waals surface area contributed by atoms with E-state index in [1.807, 2.05) is 24.3 Å². The van der Waals surface area contributed by atoms with E-state index in [1.165, 1.54) is 11.3 Å². The number of hydrogen-bond acceptors (Lipinski definition) is 6. The van der Waals surface area contributed by atoms with Crippen LogP contribution in [0.2, 0.25) is 5.02 Å². The molecule has 0 aliphatic carbocycles. The highest BCUT2D eigenvalue weighted by Gasteiger charge is 2.11. The van der Waals surface area contributed by atoms with Gasteiger partial charge in [-0.2, -0.15) is 0 Å². The maximum atomic E-state index is 12.0. The summed E-state index contributed by atoms with van der Waals surface area (Å²) >= 11 is 7.12. The van der Waals surface area contributed by atoms with Gasteiger partial charge in [-0.3, -0.25) is 10.1 Å². The molecule has 0 saturated carbocycles. The molecule has 1 amide bonds. The van der Waals surface area contributed by atoms with Crippen LogP contribution in [0.1, 0.15) is 10.6 Å². The highest BCUT2D eigenvalue weighted by molar-refractivity contribution is 7.15. The van der Waals surface area contributed by atoms with Crippen LogP contribution >= 0.6 is 22.9 Å². The van der Waals surface area contributed by atoms with Gasteiger partial charge in [0.2, 0.25) is 5.13 Å². The minimum Gasteiger partial charge on any atom is -0.496 e. The van der Waals surface area contributed by atoms with Crippen molar-refractivity contribution < 1.29 is 14.3 Å². The van der Waals surface area contributed by atoms with E-state index in [-0.39, 0.29) is 12.5 Å². The number of nitrogens with one attached hydrogen (secondary N) is 1. The molecule has 0 fully saturated rings. The molecule has 26 heavy (non-hydrogen) atoms. The predicted octanol–water partition coefficient (Wildman–Crippen LogP) is 3.81. The van der Waals surface area contributed by atoms with E-state index in [0.717, 1.165) is 16.3 Å². The molecule has 2 aromatic carbocycles. The second-order valence-corrected chi connectivity index (χ2v) is 6.78. The number of para-hydroxylation sites is 1. The number of ether oxygens (including phenoxy) is 2. The maximum absolute atomic E-state index is 12.0. The number of methoxy groups -OCH3 is 1. The molecule has 0 unspecified atom stereocenters. The lowest BCUT2D eigenvalue weighted by molar-refractivity contribution is -0.118. The first-order chi connectivity index (χ1) is 12.6. The third-order valence-corrected chi connectivity index (χ3v) is 4.52. The van der Waals surface area contributed by atoms with Gasteiger partial charge in [-0.05, 0) is 30.3 Å². The number of benzene rings is 2. The summed E-state index contributed by atoms with van der Waals surface area (Å²) in [5.74, 6) is 1.06. The van der Waals surface area contributed by atoms with Crippen LogP contribution in [-0.4, -0.2) is 29.8 Å². The number of aromatic nitrogens is 2. The van der Waals surface area contributed by atoms with E-state index in [1.54, 1.807) is 31.4 Å². The van der Waals surface area contributed by atoms with Crippen LogP contribution in [0.15, 0.2) is 48.5 Å². The van der Waals surface area contributed by atoms with Crippen LogP contribution in [-0.2, 0) is 11.2 Å². The zero-order valence-corrected chi connectivity index (χ0v) is 15.5. The summed E-state index contributed by atoms with van der Waals surface area (Å²) in [6.45, 7) is -0.122. The Hall–Kier alpha value is -2.64. The number of halogens is 1. The van der Waals surface area contributed by atoms with Crippen LogP contribution in [0.25, 0.3) is 0 Å². The summed E-state index contributed by atoms with van der Waals surface area (Å²) in [5, 5.41) is 12.6. The quantitative estimate of drug-likeness (QED) is 0.665. The number of carbonyl (C=O) groups is 1. The lowest BCUT2D eigenvalue weighted by Gasteiger charge is -2.06. The summed E-state index contributed by atoms with van der Waals surface area (Å²) in [4.78, 5) is 12.0. The highest BCUT2D eigenvalue weighted by Crippen LogP contribution is 2.24. The fourth-order valence-electron chi connectivity index (χ4n) is 2.22. The molecule has 6 nitrogen and oxygen atoms in total. The number of carbonyl (C=O) groups excluding carboxylic acids is 1. The number of anilines is 1. The lowest BCUT2D eigenvalue weighted by Crippen LogP contribution is -2.20.